The third-order valence-corrected chi connectivity index (χ3v) is 6.61. The van der Waals surface area contributed by atoms with Crippen molar-refractivity contribution in [1.29, 1.82) is 0 Å². The Morgan fingerprint density at radius 2 is 1.10 bits per heavy atom. The van der Waals surface area contributed by atoms with Gasteiger partial charge in [0.25, 0.3) is 0 Å². The zero-order chi connectivity index (χ0) is 19.7. The van der Waals surface area contributed by atoms with Crippen molar-refractivity contribution >= 4 is 13.9 Å². The van der Waals surface area contributed by atoms with Crippen molar-refractivity contribution in [3.63, 3.8) is 0 Å². The van der Waals surface area contributed by atoms with Crippen LogP contribution in [0.5, 0.6) is 0 Å². The van der Waals surface area contributed by atoms with Crippen LogP contribution in [0.2, 0.25) is 0 Å². The van der Waals surface area contributed by atoms with E-state index in [1.54, 1.807) is 0 Å². The van der Waals surface area contributed by atoms with Gasteiger partial charge in [-0.05, 0) is 58.5 Å². The van der Waals surface area contributed by atoms with Crippen molar-refractivity contribution < 1.29 is 0 Å². The molecule has 0 amide bonds. The molecule has 4 aromatic carbocycles. The molecule has 1 atom stereocenters. The Bertz CT molecular complexity index is 1000. The fraction of sp³-hybridized carbons (Fsp3) is 0.143. The number of hydrogen-bond donors (Lipinski definition) is 0. The molecule has 4 rings (SSSR count). The molecule has 4 aromatic rings. The third kappa shape index (κ3) is 5.66. The smallest absolute Gasteiger partial charge is 0.00541 e. The van der Waals surface area contributed by atoms with E-state index in [9.17, 15) is 0 Å². The van der Waals surface area contributed by atoms with Gasteiger partial charge < -0.3 is 0 Å². The summed E-state index contributed by atoms with van der Waals surface area (Å²) in [5, 5.41) is 1.43. The van der Waals surface area contributed by atoms with Crippen LogP contribution in [0.25, 0.3) is 11.1 Å². The van der Waals surface area contributed by atoms with Gasteiger partial charge in [0.05, 0.1) is 0 Å². The van der Waals surface area contributed by atoms with Crippen molar-refractivity contribution in [2.75, 3.05) is 0 Å². The lowest BCUT2D eigenvalue weighted by Gasteiger charge is -2.11. The van der Waals surface area contributed by atoms with Crippen LogP contribution in [0.4, 0.5) is 0 Å². The van der Waals surface area contributed by atoms with Gasteiger partial charge in [0.2, 0.25) is 0 Å². The molecule has 0 aliphatic heterocycles. The Morgan fingerprint density at radius 3 is 1.83 bits per heavy atom. The average molecular weight is 394 g/mol. The molecule has 0 N–H and O–H groups in total. The monoisotopic (exact) mass is 394 g/mol. The largest absolute Gasteiger partial charge is 0.0859 e. The van der Waals surface area contributed by atoms with Crippen molar-refractivity contribution in [3.05, 3.63) is 126 Å². The fourth-order valence-electron chi connectivity index (χ4n) is 3.70. The van der Waals surface area contributed by atoms with E-state index in [0.29, 0.717) is 0 Å². The van der Waals surface area contributed by atoms with Crippen LogP contribution in [0.3, 0.4) is 0 Å². The van der Waals surface area contributed by atoms with E-state index in [0.717, 1.165) is 27.6 Å². The number of hydrogen-bond acceptors (Lipinski definition) is 0. The van der Waals surface area contributed by atoms with Gasteiger partial charge in [-0.3, -0.25) is 0 Å². The molecule has 0 saturated heterocycles. The minimum absolute atomic E-state index is 0.807. The van der Waals surface area contributed by atoms with Gasteiger partial charge in [0.1, 0.15) is 0 Å². The number of aryl methyl sites for hydroxylation is 2. The van der Waals surface area contributed by atoms with E-state index >= 15 is 0 Å². The second-order valence-electron chi connectivity index (χ2n) is 7.41. The first-order valence-electron chi connectivity index (χ1n) is 10.4. The second kappa shape index (κ2) is 10.2. The molecule has 0 bridgehead atoms. The SMILES string of the molecule is c1ccc(CCCc2ccc(-c3ccccc3CPc3ccccc3)cc2)cc1. The Hall–Kier alpha value is -2.69. The van der Waals surface area contributed by atoms with Crippen LogP contribution in [-0.4, -0.2) is 0 Å². The lowest BCUT2D eigenvalue weighted by Crippen LogP contribution is -1.94. The molecule has 0 aliphatic carbocycles. The molecule has 0 aromatic heterocycles. The zero-order valence-corrected chi connectivity index (χ0v) is 17.7. The van der Waals surface area contributed by atoms with Crippen molar-refractivity contribution in [2.45, 2.75) is 25.4 Å². The summed E-state index contributed by atoms with van der Waals surface area (Å²) in [6, 6.07) is 39.6. The molecular weight excluding hydrogens is 367 g/mol. The normalized spacial score (nSPS) is 11.2. The van der Waals surface area contributed by atoms with Crippen LogP contribution in [0.1, 0.15) is 23.1 Å². The highest BCUT2D eigenvalue weighted by atomic mass is 31.1. The molecule has 0 heterocycles. The summed E-state index contributed by atoms with van der Waals surface area (Å²) < 4.78 is 0. The highest BCUT2D eigenvalue weighted by molar-refractivity contribution is 7.46. The van der Waals surface area contributed by atoms with E-state index in [1.807, 2.05) is 0 Å². The maximum Gasteiger partial charge on any atom is -0.00541 e. The molecule has 0 radical (unpaired) electrons. The van der Waals surface area contributed by atoms with Gasteiger partial charge in [-0.15, -0.1) is 0 Å². The molecule has 1 heteroatoms. The van der Waals surface area contributed by atoms with Crippen LogP contribution in [-0.2, 0) is 19.0 Å². The molecular formula is C28H27P. The molecule has 1 unspecified atom stereocenters. The minimum atomic E-state index is 0.807. The summed E-state index contributed by atoms with van der Waals surface area (Å²) in [4.78, 5) is 0. The molecule has 0 aliphatic rings. The Morgan fingerprint density at radius 1 is 0.517 bits per heavy atom. The topological polar surface area (TPSA) is 0 Å². The molecule has 0 saturated carbocycles. The zero-order valence-electron chi connectivity index (χ0n) is 16.7. The van der Waals surface area contributed by atoms with Gasteiger partial charge in [-0.1, -0.05) is 118 Å². The third-order valence-electron chi connectivity index (χ3n) is 5.31. The quantitative estimate of drug-likeness (QED) is 0.281. The summed E-state index contributed by atoms with van der Waals surface area (Å²) >= 11 is 0. The highest BCUT2D eigenvalue weighted by Crippen LogP contribution is 2.29. The van der Waals surface area contributed by atoms with E-state index < -0.39 is 0 Å². The van der Waals surface area contributed by atoms with E-state index in [2.05, 4.69) is 109 Å². The molecule has 0 spiro atoms. The van der Waals surface area contributed by atoms with E-state index in [4.69, 9.17) is 0 Å². The Kier molecular flexibility index (Phi) is 6.89. The second-order valence-corrected chi connectivity index (χ2v) is 8.70. The Labute approximate surface area is 176 Å². The van der Waals surface area contributed by atoms with E-state index in [1.165, 1.54) is 39.5 Å². The average Bonchev–Trinajstić information content (AvgIpc) is 2.80. The predicted molar refractivity (Wildman–Crippen MR) is 128 cm³/mol. The van der Waals surface area contributed by atoms with Crippen molar-refractivity contribution in [2.24, 2.45) is 0 Å². The van der Waals surface area contributed by atoms with Crippen LogP contribution < -0.4 is 5.30 Å². The van der Waals surface area contributed by atoms with Gasteiger partial charge in [-0.2, -0.15) is 0 Å². The molecule has 144 valence electrons. The first kappa shape index (κ1) is 19.6. The van der Waals surface area contributed by atoms with Crippen LogP contribution >= 0.6 is 8.58 Å². The highest BCUT2D eigenvalue weighted by Gasteiger charge is 2.05. The molecule has 0 nitrogen and oxygen atoms in total. The standard InChI is InChI=1S/C28H27P/c1-3-10-23(11-4-1)12-9-13-24-18-20-25(21-19-24)28-17-8-7-14-26(28)22-29-27-15-5-2-6-16-27/h1-8,10-11,14-21,29H,9,12-13,22H2. The van der Waals surface area contributed by atoms with Crippen molar-refractivity contribution in [1.82, 2.24) is 0 Å². The maximum atomic E-state index is 2.30. The van der Waals surface area contributed by atoms with Crippen molar-refractivity contribution in [3.8, 4) is 11.1 Å². The summed E-state index contributed by atoms with van der Waals surface area (Å²) in [5.74, 6) is 0. The predicted octanol–water partition coefficient (Wildman–Crippen LogP) is 7.03. The minimum Gasteiger partial charge on any atom is -0.0859 e. The number of benzene rings is 4. The molecule has 29 heavy (non-hydrogen) atoms. The van der Waals surface area contributed by atoms with Gasteiger partial charge in [0.15, 0.2) is 0 Å². The molecule has 0 fully saturated rings. The summed E-state index contributed by atoms with van der Waals surface area (Å²) in [5.41, 5.74) is 6.98. The lowest BCUT2D eigenvalue weighted by molar-refractivity contribution is 0.821. The Balaban J connectivity index is 1.39. The van der Waals surface area contributed by atoms with E-state index in [-0.39, 0.29) is 0 Å². The van der Waals surface area contributed by atoms with Gasteiger partial charge >= 0.3 is 0 Å². The van der Waals surface area contributed by atoms with Gasteiger partial charge in [0, 0.05) is 0 Å². The lowest BCUT2D eigenvalue weighted by atomic mass is 9.98. The van der Waals surface area contributed by atoms with Crippen LogP contribution in [0, 0.1) is 0 Å². The fourth-order valence-corrected chi connectivity index (χ4v) is 4.83. The number of rotatable bonds is 8. The summed E-state index contributed by atoms with van der Waals surface area (Å²) in [6.07, 6.45) is 4.56. The first-order valence-corrected chi connectivity index (χ1v) is 11.6. The van der Waals surface area contributed by atoms with Crippen LogP contribution in [0.15, 0.2) is 109 Å². The first-order chi connectivity index (χ1) is 14.4. The maximum absolute atomic E-state index is 2.30. The van der Waals surface area contributed by atoms with Gasteiger partial charge in [-0.25, -0.2) is 0 Å². The summed E-state index contributed by atoms with van der Waals surface area (Å²) in [7, 11) is 0.807. The summed E-state index contributed by atoms with van der Waals surface area (Å²) in [6.45, 7) is 0.